The van der Waals surface area contributed by atoms with Crippen LogP contribution in [0.4, 0.5) is 5.69 Å². The molecule has 2 aliphatic heterocycles. The summed E-state index contributed by atoms with van der Waals surface area (Å²) >= 11 is 0. The van der Waals surface area contributed by atoms with Crippen LogP contribution >= 0.6 is 0 Å². The van der Waals surface area contributed by atoms with E-state index in [-0.39, 0.29) is 0 Å². The first-order valence-electron chi connectivity index (χ1n) is 9.62. The molecular weight excluding hydrogens is 358 g/mol. The van der Waals surface area contributed by atoms with E-state index in [1.807, 2.05) is 18.2 Å². The SMILES string of the molecule is COc1ncccc1-c1cc(N2CC(CN3CCOCC3)C2)c2nonc2c1. The van der Waals surface area contributed by atoms with Crippen molar-refractivity contribution in [1.29, 1.82) is 0 Å². The van der Waals surface area contributed by atoms with Crippen molar-refractivity contribution in [3.8, 4) is 17.0 Å². The largest absolute Gasteiger partial charge is 0.481 e. The number of benzene rings is 1. The summed E-state index contributed by atoms with van der Waals surface area (Å²) in [7, 11) is 1.63. The number of hydrogen-bond donors (Lipinski definition) is 0. The van der Waals surface area contributed by atoms with Crippen molar-refractivity contribution >= 4 is 16.7 Å². The van der Waals surface area contributed by atoms with Gasteiger partial charge in [0.25, 0.3) is 0 Å². The fraction of sp³-hybridized carbons (Fsp3) is 0.450. The lowest BCUT2D eigenvalue weighted by Crippen LogP contribution is -2.53. The number of methoxy groups -OCH3 is 1. The van der Waals surface area contributed by atoms with Gasteiger partial charge in [-0.3, -0.25) is 4.90 Å². The lowest BCUT2D eigenvalue weighted by molar-refractivity contribution is 0.0286. The minimum atomic E-state index is 0.595. The Bertz CT molecular complexity index is 963. The first-order valence-corrected chi connectivity index (χ1v) is 9.62. The van der Waals surface area contributed by atoms with Gasteiger partial charge in [0, 0.05) is 50.4 Å². The van der Waals surface area contributed by atoms with E-state index in [1.54, 1.807) is 13.3 Å². The summed E-state index contributed by atoms with van der Waals surface area (Å²) in [5.74, 6) is 1.25. The zero-order valence-corrected chi connectivity index (χ0v) is 15.9. The zero-order chi connectivity index (χ0) is 18.9. The molecular formula is C20H23N5O3. The maximum atomic E-state index is 5.44. The van der Waals surface area contributed by atoms with Crippen molar-refractivity contribution in [3.63, 3.8) is 0 Å². The van der Waals surface area contributed by atoms with Crippen molar-refractivity contribution in [3.05, 3.63) is 30.5 Å². The summed E-state index contributed by atoms with van der Waals surface area (Å²) in [4.78, 5) is 9.16. The van der Waals surface area contributed by atoms with Crippen LogP contribution < -0.4 is 9.64 Å². The Morgan fingerprint density at radius 1 is 1.18 bits per heavy atom. The number of ether oxygens (including phenoxy) is 2. The molecule has 2 saturated heterocycles. The van der Waals surface area contributed by atoms with E-state index in [9.17, 15) is 0 Å². The molecule has 0 N–H and O–H groups in total. The summed E-state index contributed by atoms with van der Waals surface area (Å²) in [6, 6.07) is 8.02. The number of pyridine rings is 1. The van der Waals surface area contributed by atoms with Gasteiger partial charge in [-0.1, -0.05) is 0 Å². The highest BCUT2D eigenvalue weighted by molar-refractivity contribution is 5.93. The number of nitrogens with zero attached hydrogens (tertiary/aromatic N) is 5. The molecule has 0 radical (unpaired) electrons. The van der Waals surface area contributed by atoms with Crippen molar-refractivity contribution in [2.45, 2.75) is 0 Å². The molecule has 0 amide bonds. The predicted molar refractivity (Wildman–Crippen MR) is 105 cm³/mol. The molecule has 4 heterocycles. The second kappa shape index (κ2) is 7.37. The van der Waals surface area contributed by atoms with Crippen LogP contribution in [-0.4, -0.2) is 73.2 Å². The monoisotopic (exact) mass is 381 g/mol. The minimum absolute atomic E-state index is 0.595. The molecule has 146 valence electrons. The van der Waals surface area contributed by atoms with Crippen LogP contribution in [0.25, 0.3) is 22.2 Å². The molecule has 2 fully saturated rings. The summed E-state index contributed by atoms with van der Waals surface area (Å²) in [5, 5.41) is 8.22. The fourth-order valence-corrected chi connectivity index (χ4v) is 4.07. The Morgan fingerprint density at radius 2 is 2.04 bits per heavy atom. The zero-order valence-electron chi connectivity index (χ0n) is 15.9. The van der Waals surface area contributed by atoms with Gasteiger partial charge in [0.05, 0.1) is 26.0 Å². The summed E-state index contributed by atoms with van der Waals surface area (Å²) in [5.41, 5.74) is 4.53. The molecule has 8 heteroatoms. The van der Waals surface area contributed by atoms with E-state index >= 15 is 0 Å². The molecule has 0 aliphatic carbocycles. The highest BCUT2D eigenvalue weighted by atomic mass is 16.6. The van der Waals surface area contributed by atoms with Crippen LogP contribution in [0.3, 0.4) is 0 Å². The number of rotatable bonds is 5. The highest BCUT2D eigenvalue weighted by Gasteiger charge is 2.31. The highest BCUT2D eigenvalue weighted by Crippen LogP contribution is 2.37. The third-order valence-electron chi connectivity index (χ3n) is 5.53. The number of morpholine rings is 1. The third kappa shape index (κ3) is 3.18. The van der Waals surface area contributed by atoms with Gasteiger partial charge >= 0.3 is 0 Å². The molecule has 3 aromatic rings. The summed E-state index contributed by atoms with van der Waals surface area (Å²) in [6.45, 7) is 6.89. The van der Waals surface area contributed by atoms with Crippen LogP contribution in [0.1, 0.15) is 0 Å². The Labute approximate surface area is 163 Å². The Hall–Kier alpha value is -2.71. The fourth-order valence-electron chi connectivity index (χ4n) is 4.07. The van der Waals surface area contributed by atoms with E-state index in [0.29, 0.717) is 11.8 Å². The van der Waals surface area contributed by atoms with Gasteiger partial charge in [-0.05, 0) is 40.1 Å². The Balaban J connectivity index is 1.40. The molecule has 8 nitrogen and oxygen atoms in total. The number of aromatic nitrogens is 3. The van der Waals surface area contributed by atoms with Crippen LogP contribution in [0.15, 0.2) is 35.1 Å². The van der Waals surface area contributed by atoms with Crippen molar-refractivity contribution < 1.29 is 14.1 Å². The van der Waals surface area contributed by atoms with Crippen molar-refractivity contribution in [2.24, 2.45) is 5.92 Å². The van der Waals surface area contributed by atoms with Crippen molar-refractivity contribution in [2.75, 3.05) is 57.9 Å². The van der Waals surface area contributed by atoms with Crippen LogP contribution in [0, 0.1) is 5.92 Å². The van der Waals surface area contributed by atoms with E-state index in [2.05, 4.69) is 31.2 Å². The molecule has 2 aliphatic rings. The first-order chi connectivity index (χ1) is 13.8. The lowest BCUT2D eigenvalue weighted by Gasteiger charge is -2.43. The van der Waals surface area contributed by atoms with Crippen LogP contribution in [0.2, 0.25) is 0 Å². The van der Waals surface area contributed by atoms with Crippen LogP contribution in [0.5, 0.6) is 5.88 Å². The topological polar surface area (TPSA) is 76.8 Å². The van der Waals surface area contributed by atoms with Crippen LogP contribution in [-0.2, 0) is 4.74 Å². The number of fused-ring (bicyclic) bond motifs is 1. The normalized spacial score (nSPS) is 18.4. The first kappa shape index (κ1) is 17.4. The van der Waals surface area contributed by atoms with Gasteiger partial charge in [-0.15, -0.1) is 0 Å². The Morgan fingerprint density at radius 3 is 2.86 bits per heavy atom. The van der Waals surface area contributed by atoms with Gasteiger partial charge in [0.1, 0.15) is 5.52 Å². The second-order valence-corrected chi connectivity index (χ2v) is 7.37. The predicted octanol–water partition coefficient (Wildman–Crippen LogP) is 2.06. The average Bonchev–Trinajstić information content (AvgIpc) is 3.19. The lowest BCUT2D eigenvalue weighted by atomic mass is 9.96. The van der Waals surface area contributed by atoms with Crippen molar-refractivity contribution in [1.82, 2.24) is 20.2 Å². The third-order valence-corrected chi connectivity index (χ3v) is 5.53. The second-order valence-electron chi connectivity index (χ2n) is 7.37. The van der Waals surface area contributed by atoms with E-state index in [1.165, 1.54) is 0 Å². The number of hydrogen-bond acceptors (Lipinski definition) is 8. The molecule has 0 bridgehead atoms. The van der Waals surface area contributed by atoms with Gasteiger partial charge in [0.2, 0.25) is 5.88 Å². The maximum absolute atomic E-state index is 5.44. The van der Waals surface area contributed by atoms with Gasteiger partial charge < -0.3 is 14.4 Å². The standard InChI is InChI=1S/C20H23N5O3/c1-26-20-16(3-2-4-21-20)15-9-17-19(23-28-22-17)18(10-15)25-12-14(13-25)11-24-5-7-27-8-6-24/h2-4,9-10,14H,5-8,11-13H2,1H3. The maximum Gasteiger partial charge on any atom is 0.221 e. The average molecular weight is 381 g/mol. The van der Waals surface area contributed by atoms with E-state index < -0.39 is 0 Å². The van der Waals surface area contributed by atoms with E-state index in [4.69, 9.17) is 14.1 Å². The summed E-state index contributed by atoms with van der Waals surface area (Å²) in [6.07, 6.45) is 1.73. The summed E-state index contributed by atoms with van der Waals surface area (Å²) < 4.78 is 15.9. The molecule has 2 aromatic heterocycles. The van der Waals surface area contributed by atoms with Gasteiger partial charge in [-0.2, -0.15) is 0 Å². The molecule has 0 atom stereocenters. The molecule has 5 rings (SSSR count). The smallest absolute Gasteiger partial charge is 0.221 e. The quantitative estimate of drug-likeness (QED) is 0.665. The van der Waals surface area contributed by atoms with Gasteiger partial charge in [0.15, 0.2) is 5.52 Å². The Kier molecular flexibility index (Phi) is 4.58. The molecule has 0 saturated carbocycles. The molecule has 1 aromatic carbocycles. The van der Waals surface area contributed by atoms with Gasteiger partial charge in [-0.25, -0.2) is 9.61 Å². The molecule has 28 heavy (non-hydrogen) atoms. The number of anilines is 1. The van der Waals surface area contributed by atoms with E-state index in [0.717, 1.165) is 73.8 Å². The molecule has 0 spiro atoms. The minimum Gasteiger partial charge on any atom is -0.481 e. The molecule has 0 unspecified atom stereocenters.